The zero-order valence-electron chi connectivity index (χ0n) is 12.1. The van der Waals surface area contributed by atoms with Crippen molar-refractivity contribution in [1.82, 2.24) is 14.9 Å². The first kappa shape index (κ1) is 14.6. The van der Waals surface area contributed by atoms with Crippen LogP contribution in [0.25, 0.3) is 0 Å². The van der Waals surface area contributed by atoms with Gasteiger partial charge in [-0.3, -0.25) is 4.79 Å². The number of fused-ring (bicyclic) bond motifs is 1. The van der Waals surface area contributed by atoms with Crippen LogP contribution in [0.3, 0.4) is 0 Å². The Morgan fingerprint density at radius 1 is 1.62 bits per heavy atom. The lowest BCUT2D eigenvalue weighted by Crippen LogP contribution is -2.32. The highest BCUT2D eigenvalue weighted by Gasteiger charge is 2.26. The van der Waals surface area contributed by atoms with Crippen molar-refractivity contribution in [2.75, 3.05) is 13.6 Å². The minimum absolute atomic E-state index is 0.0269. The number of carbonyl (C=O) groups excluding carboxylic acids is 1. The van der Waals surface area contributed by atoms with Gasteiger partial charge in [-0.15, -0.1) is 11.3 Å². The summed E-state index contributed by atoms with van der Waals surface area (Å²) in [5.41, 5.74) is 1.74. The molecular formula is C15H18ClN3OS. The molecule has 0 saturated heterocycles. The van der Waals surface area contributed by atoms with Crippen molar-refractivity contribution in [3.05, 3.63) is 38.6 Å². The van der Waals surface area contributed by atoms with E-state index in [4.69, 9.17) is 11.6 Å². The van der Waals surface area contributed by atoms with Crippen molar-refractivity contribution in [3.8, 4) is 0 Å². The molecule has 2 aromatic rings. The molecule has 21 heavy (non-hydrogen) atoms. The lowest BCUT2D eigenvalue weighted by atomic mass is 9.90. The second-order valence-corrected chi connectivity index (χ2v) is 7.27. The van der Waals surface area contributed by atoms with Crippen LogP contribution in [0.15, 0.2) is 12.3 Å². The smallest absolute Gasteiger partial charge is 0.270 e. The zero-order valence-corrected chi connectivity index (χ0v) is 13.7. The lowest BCUT2D eigenvalue weighted by molar-refractivity contribution is 0.0778. The van der Waals surface area contributed by atoms with E-state index < -0.39 is 0 Å². The molecular weight excluding hydrogens is 306 g/mol. The molecule has 0 aromatic carbocycles. The van der Waals surface area contributed by atoms with Gasteiger partial charge < -0.3 is 9.88 Å². The average molecular weight is 324 g/mol. The normalized spacial score (nSPS) is 17.6. The maximum atomic E-state index is 12.4. The number of aryl methyl sites for hydroxylation is 2. The Morgan fingerprint density at radius 3 is 3.14 bits per heavy atom. The largest absolute Gasteiger partial charge is 0.356 e. The first-order valence-corrected chi connectivity index (χ1v) is 8.29. The Bertz CT molecular complexity index is 664. The average Bonchev–Trinajstić information content (AvgIpc) is 3.03. The molecule has 6 heteroatoms. The minimum Gasteiger partial charge on any atom is -0.356 e. The fraction of sp³-hybridized carbons (Fsp3) is 0.467. The van der Waals surface area contributed by atoms with Crippen LogP contribution < -0.4 is 0 Å². The van der Waals surface area contributed by atoms with Gasteiger partial charge in [0.05, 0.1) is 15.7 Å². The number of aromatic amines is 1. The third-order valence-electron chi connectivity index (χ3n) is 3.90. The summed E-state index contributed by atoms with van der Waals surface area (Å²) >= 11 is 7.65. The van der Waals surface area contributed by atoms with E-state index >= 15 is 0 Å². The lowest BCUT2D eigenvalue weighted by Gasteiger charge is -2.26. The number of hydrogen-bond donors (Lipinski definition) is 1. The van der Waals surface area contributed by atoms with E-state index in [0.717, 1.165) is 17.8 Å². The van der Waals surface area contributed by atoms with Crippen molar-refractivity contribution < 1.29 is 4.79 Å². The molecule has 112 valence electrons. The fourth-order valence-corrected chi connectivity index (χ4v) is 4.14. The molecule has 1 N–H and O–H groups in total. The SMILES string of the molecule is Cc1nc2c(s1)CCC[C@@H]2CN(C)C(=O)c1cc(Cl)c[nH]1. The van der Waals surface area contributed by atoms with Gasteiger partial charge >= 0.3 is 0 Å². The molecule has 0 aliphatic heterocycles. The number of carbonyl (C=O) groups is 1. The van der Waals surface area contributed by atoms with Crippen molar-refractivity contribution in [1.29, 1.82) is 0 Å². The van der Waals surface area contributed by atoms with E-state index in [1.807, 2.05) is 7.05 Å². The van der Waals surface area contributed by atoms with Gasteiger partial charge in [-0.25, -0.2) is 4.98 Å². The van der Waals surface area contributed by atoms with E-state index in [2.05, 4.69) is 16.9 Å². The van der Waals surface area contributed by atoms with Crippen LogP contribution in [0.1, 0.15) is 44.8 Å². The summed E-state index contributed by atoms with van der Waals surface area (Å²) in [5, 5.41) is 1.68. The minimum atomic E-state index is -0.0269. The Hall–Kier alpha value is -1.33. The summed E-state index contributed by atoms with van der Waals surface area (Å²) in [6.07, 6.45) is 5.03. The van der Waals surface area contributed by atoms with Crippen LogP contribution in [0, 0.1) is 6.92 Å². The highest BCUT2D eigenvalue weighted by molar-refractivity contribution is 7.11. The topological polar surface area (TPSA) is 49.0 Å². The van der Waals surface area contributed by atoms with Gasteiger partial charge in [0.25, 0.3) is 5.91 Å². The van der Waals surface area contributed by atoms with Gasteiger partial charge in [0, 0.05) is 30.6 Å². The molecule has 1 atom stereocenters. The van der Waals surface area contributed by atoms with Gasteiger partial charge in [0.1, 0.15) is 5.69 Å². The molecule has 0 bridgehead atoms. The molecule has 4 nitrogen and oxygen atoms in total. The van der Waals surface area contributed by atoms with Gasteiger partial charge in [-0.1, -0.05) is 11.6 Å². The molecule has 2 heterocycles. The van der Waals surface area contributed by atoms with Crippen LogP contribution in [-0.2, 0) is 6.42 Å². The van der Waals surface area contributed by atoms with Crippen molar-refractivity contribution in [2.24, 2.45) is 0 Å². The summed E-state index contributed by atoms with van der Waals surface area (Å²) in [7, 11) is 1.84. The maximum Gasteiger partial charge on any atom is 0.270 e. The molecule has 1 aliphatic carbocycles. The Morgan fingerprint density at radius 2 is 2.43 bits per heavy atom. The van der Waals surface area contributed by atoms with Crippen LogP contribution >= 0.6 is 22.9 Å². The molecule has 0 unspecified atom stereocenters. The van der Waals surface area contributed by atoms with Gasteiger partial charge in [-0.2, -0.15) is 0 Å². The second-order valence-electron chi connectivity index (χ2n) is 5.55. The molecule has 1 aliphatic rings. The number of amides is 1. The number of aromatic nitrogens is 2. The summed E-state index contributed by atoms with van der Waals surface area (Å²) in [6, 6.07) is 1.67. The zero-order chi connectivity index (χ0) is 15.0. The standard InChI is InChI=1S/C15H18ClN3OS/c1-9-18-14-10(4-3-5-13(14)21-9)8-19(2)15(20)12-6-11(16)7-17-12/h6-7,10,17H,3-5,8H2,1-2H3/t10-/m1/s1. The predicted octanol–water partition coefficient (Wildman–Crippen LogP) is 3.63. The molecule has 0 radical (unpaired) electrons. The highest BCUT2D eigenvalue weighted by atomic mass is 35.5. The summed E-state index contributed by atoms with van der Waals surface area (Å²) in [5.74, 6) is 0.319. The van der Waals surface area contributed by atoms with E-state index in [1.54, 1.807) is 28.5 Å². The number of nitrogens with zero attached hydrogens (tertiary/aromatic N) is 2. The number of rotatable bonds is 3. The molecule has 0 saturated carbocycles. The maximum absolute atomic E-state index is 12.4. The predicted molar refractivity (Wildman–Crippen MR) is 85.3 cm³/mol. The van der Waals surface area contributed by atoms with Crippen LogP contribution in [0.4, 0.5) is 0 Å². The Balaban J connectivity index is 1.73. The van der Waals surface area contributed by atoms with E-state index in [9.17, 15) is 4.79 Å². The first-order valence-electron chi connectivity index (χ1n) is 7.10. The van der Waals surface area contributed by atoms with Crippen molar-refractivity contribution in [3.63, 3.8) is 0 Å². The van der Waals surface area contributed by atoms with Gasteiger partial charge in [-0.05, 0) is 32.3 Å². The van der Waals surface area contributed by atoms with Gasteiger partial charge in [0.15, 0.2) is 0 Å². The number of nitrogens with one attached hydrogen (secondary N) is 1. The van der Waals surface area contributed by atoms with E-state index in [0.29, 0.717) is 23.2 Å². The Labute approximate surface area is 133 Å². The van der Waals surface area contributed by atoms with Crippen LogP contribution in [0.5, 0.6) is 0 Å². The monoisotopic (exact) mass is 323 g/mol. The van der Waals surface area contributed by atoms with Crippen LogP contribution in [-0.4, -0.2) is 34.4 Å². The second kappa shape index (κ2) is 5.81. The van der Waals surface area contributed by atoms with Crippen LogP contribution in [0.2, 0.25) is 5.02 Å². The number of halogens is 1. The van der Waals surface area contributed by atoms with Gasteiger partial charge in [0.2, 0.25) is 0 Å². The quantitative estimate of drug-likeness (QED) is 0.937. The van der Waals surface area contributed by atoms with E-state index in [1.165, 1.54) is 17.0 Å². The molecule has 3 rings (SSSR count). The summed E-state index contributed by atoms with van der Waals surface area (Å²) in [4.78, 5) is 23.1. The molecule has 0 spiro atoms. The number of H-pyrrole nitrogens is 1. The third kappa shape index (κ3) is 2.99. The van der Waals surface area contributed by atoms with Crippen molar-refractivity contribution in [2.45, 2.75) is 32.1 Å². The van der Waals surface area contributed by atoms with Crippen molar-refractivity contribution >= 4 is 28.8 Å². The first-order chi connectivity index (χ1) is 10.0. The molecule has 2 aromatic heterocycles. The molecule has 1 amide bonds. The summed E-state index contributed by atoms with van der Waals surface area (Å²) < 4.78 is 0. The Kier molecular flexibility index (Phi) is 4.04. The summed E-state index contributed by atoms with van der Waals surface area (Å²) in [6.45, 7) is 2.75. The fourth-order valence-electron chi connectivity index (χ4n) is 2.92. The number of hydrogen-bond acceptors (Lipinski definition) is 3. The molecule has 0 fully saturated rings. The number of likely N-dealkylation sites (N-methyl/N-ethyl adjacent to an activating group) is 1. The highest BCUT2D eigenvalue weighted by Crippen LogP contribution is 2.35. The van der Waals surface area contributed by atoms with E-state index in [-0.39, 0.29) is 5.91 Å². The third-order valence-corrected chi connectivity index (χ3v) is 5.16. The number of thiazole rings is 1.